The molecule has 23 heavy (non-hydrogen) atoms. The molecule has 9 heteroatoms. The highest BCUT2D eigenvalue weighted by atomic mass is 32.2. The van der Waals surface area contributed by atoms with Crippen molar-refractivity contribution in [2.45, 2.75) is 12.7 Å². The molecule has 0 spiro atoms. The molecule has 1 aliphatic rings. The second-order valence-electron chi connectivity index (χ2n) is 5.35. The first-order valence-corrected chi connectivity index (χ1v) is 8.79. The zero-order valence-electron chi connectivity index (χ0n) is 12.6. The minimum atomic E-state index is -3.48. The number of carbonyl (C=O) groups is 1. The van der Waals surface area contributed by atoms with E-state index in [2.05, 4.69) is 5.16 Å². The number of aryl methyl sites for hydroxylation is 1. The number of carbonyl (C=O) groups excluding carboxylic acids is 1. The third-order valence-electron chi connectivity index (χ3n) is 3.66. The van der Waals surface area contributed by atoms with Crippen LogP contribution in [0.4, 0.5) is 0 Å². The van der Waals surface area contributed by atoms with Gasteiger partial charge in [-0.25, -0.2) is 8.42 Å². The molecule has 124 valence electrons. The summed E-state index contributed by atoms with van der Waals surface area (Å²) in [7, 11) is -3.48. The summed E-state index contributed by atoms with van der Waals surface area (Å²) in [5.41, 5.74) is 0.386. The predicted octanol–water partition coefficient (Wildman–Crippen LogP) is 0.864. The van der Waals surface area contributed by atoms with Crippen LogP contribution in [0.2, 0.25) is 0 Å². The van der Waals surface area contributed by atoms with Gasteiger partial charge in [-0.3, -0.25) is 4.79 Å². The van der Waals surface area contributed by atoms with Gasteiger partial charge in [-0.2, -0.15) is 4.31 Å². The Bertz CT molecular complexity index is 773. The molecule has 3 heterocycles. The molecule has 0 atom stereocenters. The Labute approximate surface area is 133 Å². The lowest BCUT2D eigenvalue weighted by atomic mass is 10.3. The molecule has 2 aromatic rings. The van der Waals surface area contributed by atoms with Gasteiger partial charge in [0.15, 0.2) is 5.76 Å². The molecule has 0 saturated carbocycles. The highest BCUT2D eigenvalue weighted by Gasteiger charge is 2.30. The molecule has 0 aliphatic carbocycles. The topological polar surface area (TPSA) is 96.9 Å². The van der Waals surface area contributed by atoms with E-state index >= 15 is 0 Å². The number of hydrogen-bond acceptors (Lipinski definition) is 6. The number of aromatic nitrogens is 1. The standard InChI is InChI=1S/C14H17N3O5S/c1-11-9-12(15-22-11)10-23(19,20)17-6-4-16(5-7-17)14(18)13-3-2-8-21-13/h2-3,8-9H,4-7,10H2,1H3. The van der Waals surface area contributed by atoms with Gasteiger partial charge in [0.2, 0.25) is 10.0 Å². The SMILES string of the molecule is Cc1cc(CS(=O)(=O)N2CCN(C(=O)c3ccco3)CC2)no1. The molecule has 8 nitrogen and oxygen atoms in total. The molecular formula is C14H17N3O5S. The molecule has 1 aliphatic heterocycles. The molecule has 0 N–H and O–H groups in total. The minimum Gasteiger partial charge on any atom is -0.459 e. The Morgan fingerprint density at radius 1 is 1.30 bits per heavy atom. The van der Waals surface area contributed by atoms with Crippen molar-refractivity contribution in [1.82, 2.24) is 14.4 Å². The maximum Gasteiger partial charge on any atom is 0.289 e. The van der Waals surface area contributed by atoms with E-state index in [1.54, 1.807) is 30.0 Å². The lowest BCUT2D eigenvalue weighted by Crippen LogP contribution is -2.50. The van der Waals surface area contributed by atoms with E-state index in [9.17, 15) is 13.2 Å². The first kappa shape index (κ1) is 15.8. The maximum atomic E-state index is 12.4. The number of rotatable bonds is 4. The van der Waals surface area contributed by atoms with Gasteiger partial charge in [-0.1, -0.05) is 5.16 Å². The number of nitrogens with zero attached hydrogens (tertiary/aromatic N) is 3. The van der Waals surface area contributed by atoms with Gasteiger partial charge in [0, 0.05) is 32.2 Å². The molecule has 0 radical (unpaired) electrons. The van der Waals surface area contributed by atoms with Crippen LogP contribution in [0.3, 0.4) is 0 Å². The second-order valence-corrected chi connectivity index (χ2v) is 7.32. The third kappa shape index (κ3) is 3.45. The van der Waals surface area contributed by atoms with Crippen molar-refractivity contribution in [3.63, 3.8) is 0 Å². The summed E-state index contributed by atoms with van der Waals surface area (Å²) in [5, 5.41) is 3.71. The number of piperazine rings is 1. The van der Waals surface area contributed by atoms with Crippen molar-refractivity contribution in [3.8, 4) is 0 Å². The van der Waals surface area contributed by atoms with Crippen molar-refractivity contribution < 1.29 is 22.2 Å². The fraction of sp³-hybridized carbons (Fsp3) is 0.429. The molecule has 0 unspecified atom stereocenters. The maximum absolute atomic E-state index is 12.4. The Morgan fingerprint density at radius 2 is 2.04 bits per heavy atom. The fourth-order valence-corrected chi connectivity index (χ4v) is 3.90. The summed E-state index contributed by atoms with van der Waals surface area (Å²) in [4.78, 5) is 13.7. The highest BCUT2D eigenvalue weighted by Crippen LogP contribution is 2.15. The van der Waals surface area contributed by atoms with Crippen molar-refractivity contribution in [1.29, 1.82) is 0 Å². The molecule has 0 bridgehead atoms. The highest BCUT2D eigenvalue weighted by molar-refractivity contribution is 7.88. The van der Waals surface area contributed by atoms with E-state index in [0.717, 1.165) is 0 Å². The van der Waals surface area contributed by atoms with Crippen LogP contribution < -0.4 is 0 Å². The van der Waals surface area contributed by atoms with Crippen molar-refractivity contribution >= 4 is 15.9 Å². The van der Waals surface area contributed by atoms with Gasteiger partial charge in [-0.05, 0) is 19.1 Å². The summed E-state index contributed by atoms with van der Waals surface area (Å²) in [6.07, 6.45) is 1.44. The summed E-state index contributed by atoms with van der Waals surface area (Å²) in [6.45, 7) is 2.88. The first-order chi connectivity index (χ1) is 11.0. The smallest absolute Gasteiger partial charge is 0.289 e. The molecule has 3 rings (SSSR count). The van der Waals surface area contributed by atoms with Crippen LogP contribution in [0.15, 0.2) is 33.4 Å². The number of furan rings is 1. The number of hydrogen-bond donors (Lipinski definition) is 0. The van der Waals surface area contributed by atoms with Gasteiger partial charge in [0.1, 0.15) is 17.2 Å². The van der Waals surface area contributed by atoms with E-state index in [-0.39, 0.29) is 30.5 Å². The summed E-state index contributed by atoms with van der Waals surface area (Å²) in [6, 6.07) is 4.85. The van der Waals surface area contributed by atoms with Gasteiger partial charge in [0.25, 0.3) is 5.91 Å². The number of amides is 1. The molecule has 1 fully saturated rings. The van der Waals surface area contributed by atoms with Crippen molar-refractivity contribution in [2.24, 2.45) is 0 Å². The molecule has 2 aromatic heterocycles. The van der Waals surface area contributed by atoms with Gasteiger partial charge < -0.3 is 13.8 Å². The summed E-state index contributed by atoms with van der Waals surface area (Å²) >= 11 is 0. The quantitative estimate of drug-likeness (QED) is 0.820. The third-order valence-corrected chi connectivity index (χ3v) is 5.47. The van der Waals surface area contributed by atoms with Crippen LogP contribution in [-0.2, 0) is 15.8 Å². The van der Waals surface area contributed by atoms with Crippen molar-refractivity contribution in [3.05, 3.63) is 41.7 Å². The van der Waals surface area contributed by atoms with E-state index in [1.165, 1.54) is 10.6 Å². The van der Waals surface area contributed by atoms with E-state index < -0.39 is 10.0 Å². The van der Waals surface area contributed by atoms with Gasteiger partial charge in [-0.15, -0.1) is 0 Å². The van der Waals surface area contributed by atoms with E-state index in [1.807, 2.05) is 0 Å². The van der Waals surface area contributed by atoms with Gasteiger partial charge >= 0.3 is 0 Å². The molecular weight excluding hydrogens is 322 g/mol. The zero-order chi connectivity index (χ0) is 16.4. The number of sulfonamides is 1. The lowest BCUT2D eigenvalue weighted by molar-refractivity contribution is 0.0666. The Hall–Kier alpha value is -2.13. The van der Waals surface area contributed by atoms with Gasteiger partial charge in [0.05, 0.1) is 6.26 Å². The van der Waals surface area contributed by atoms with Crippen LogP contribution in [0.5, 0.6) is 0 Å². The zero-order valence-corrected chi connectivity index (χ0v) is 13.5. The Morgan fingerprint density at radius 3 is 2.61 bits per heavy atom. The van der Waals surface area contributed by atoms with Crippen LogP contribution in [-0.4, -0.2) is 54.9 Å². The fourth-order valence-electron chi connectivity index (χ4n) is 2.49. The van der Waals surface area contributed by atoms with E-state index in [4.69, 9.17) is 8.94 Å². The monoisotopic (exact) mass is 339 g/mol. The minimum absolute atomic E-state index is 0.198. The summed E-state index contributed by atoms with van der Waals surface area (Å²) in [5.74, 6) is 0.416. The average molecular weight is 339 g/mol. The molecule has 0 aromatic carbocycles. The molecule has 1 amide bonds. The van der Waals surface area contributed by atoms with Crippen LogP contribution in [0.1, 0.15) is 22.0 Å². The Kier molecular flexibility index (Phi) is 4.22. The Balaban J connectivity index is 1.61. The first-order valence-electron chi connectivity index (χ1n) is 7.18. The molecule has 1 saturated heterocycles. The average Bonchev–Trinajstić information content (AvgIpc) is 3.18. The van der Waals surface area contributed by atoms with Crippen LogP contribution in [0, 0.1) is 6.92 Å². The second kappa shape index (κ2) is 6.17. The van der Waals surface area contributed by atoms with E-state index in [0.29, 0.717) is 24.5 Å². The van der Waals surface area contributed by atoms with Crippen LogP contribution in [0.25, 0.3) is 0 Å². The van der Waals surface area contributed by atoms with Crippen molar-refractivity contribution in [2.75, 3.05) is 26.2 Å². The lowest BCUT2D eigenvalue weighted by Gasteiger charge is -2.33. The predicted molar refractivity (Wildman–Crippen MR) is 80.0 cm³/mol. The normalized spacial score (nSPS) is 16.7. The summed E-state index contributed by atoms with van der Waals surface area (Å²) < 4.78 is 36.1. The van der Waals surface area contributed by atoms with Crippen LogP contribution >= 0.6 is 0 Å². The largest absolute Gasteiger partial charge is 0.459 e.